The first-order valence-electron chi connectivity index (χ1n) is 7.22. The van der Waals surface area contributed by atoms with E-state index in [2.05, 4.69) is 28.2 Å². The topological polar surface area (TPSA) is 54.5 Å². The van der Waals surface area contributed by atoms with Crippen molar-refractivity contribution in [1.82, 2.24) is 9.88 Å². The Bertz CT molecular complexity index is 450. The summed E-state index contributed by atoms with van der Waals surface area (Å²) in [5.74, 6) is 0.877. The Labute approximate surface area is 120 Å². The summed E-state index contributed by atoms with van der Waals surface area (Å²) in [5.41, 5.74) is 1.19. The van der Waals surface area contributed by atoms with E-state index in [9.17, 15) is 4.79 Å². The van der Waals surface area contributed by atoms with Crippen molar-refractivity contribution in [3.8, 4) is 0 Å². The summed E-state index contributed by atoms with van der Waals surface area (Å²) in [7, 11) is 1.46. The van der Waals surface area contributed by atoms with E-state index < -0.39 is 0 Å². The van der Waals surface area contributed by atoms with E-state index in [0.29, 0.717) is 0 Å². The number of esters is 1. The Morgan fingerprint density at radius 1 is 1.60 bits per heavy atom. The van der Waals surface area contributed by atoms with Crippen molar-refractivity contribution < 1.29 is 9.53 Å². The summed E-state index contributed by atoms with van der Waals surface area (Å²) < 4.78 is 4.82. The van der Waals surface area contributed by atoms with Crippen LogP contribution in [0.4, 0.5) is 5.82 Å². The molecular formula is C15H23N3O2. The summed E-state index contributed by atoms with van der Waals surface area (Å²) in [6.45, 7) is 5.59. The first-order valence-corrected chi connectivity index (χ1v) is 7.22. The second kappa shape index (κ2) is 7.24. The predicted octanol–water partition coefficient (Wildman–Crippen LogP) is 1.90. The van der Waals surface area contributed by atoms with Crippen LogP contribution in [0.5, 0.6) is 0 Å². The molecule has 1 aliphatic rings. The van der Waals surface area contributed by atoms with Crippen molar-refractivity contribution in [2.24, 2.45) is 5.92 Å². The number of pyridine rings is 1. The minimum Gasteiger partial charge on any atom is -0.469 e. The fraction of sp³-hybridized carbons (Fsp3) is 0.600. The van der Waals surface area contributed by atoms with E-state index >= 15 is 0 Å². The largest absolute Gasteiger partial charge is 0.469 e. The number of hydrogen-bond acceptors (Lipinski definition) is 5. The normalized spacial score (nSPS) is 19.0. The SMILES string of the molecule is CCCNc1ncccc1CN1CCC(C(=O)OC)C1. The highest BCUT2D eigenvalue weighted by Gasteiger charge is 2.29. The van der Waals surface area contributed by atoms with Gasteiger partial charge in [-0.1, -0.05) is 13.0 Å². The first-order chi connectivity index (χ1) is 9.74. The molecule has 0 amide bonds. The lowest BCUT2D eigenvalue weighted by Gasteiger charge is -2.18. The third-order valence-electron chi connectivity index (χ3n) is 3.63. The summed E-state index contributed by atoms with van der Waals surface area (Å²) in [6, 6.07) is 4.05. The van der Waals surface area contributed by atoms with Crippen molar-refractivity contribution >= 4 is 11.8 Å². The van der Waals surface area contributed by atoms with Crippen LogP contribution < -0.4 is 5.32 Å². The minimum atomic E-state index is -0.0944. The predicted molar refractivity (Wildman–Crippen MR) is 78.4 cm³/mol. The number of hydrogen-bond donors (Lipinski definition) is 1. The van der Waals surface area contributed by atoms with Gasteiger partial charge in [0, 0.05) is 31.4 Å². The van der Waals surface area contributed by atoms with Crippen LogP contribution in [0.15, 0.2) is 18.3 Å². The highest BCUT2D eigenvalue weighted by atomic mass is 16.5. The van der Waals surface area contributed by atoms with Gasteiger partial charge in [-0.3, -0.25) is 9.69 Å². The van der Waals surface area contributed by atoms with E-state index in [1.54, 1.807) is 0 Å². The van der Waals surface area contributed by atoms with Gasteiger partial charge in [0.15, 0.2) is 0 Å². The zero-order chi connectivity index (χ0) is 14.4. The van der Waals surface area contributed by atoms with E-state index in [0.717, 1.165) is 44.8 Å². The molecule has 5 heteroatoms. The van der Waals surface area contributed by atoms with Crippen molar-refractivity contribution in [2.75, 3.05) is 32.1 Å². The van der Waals surface area contributed by atoms with Gasteiger partial charge in [-0.05, 0) is 25.5 Å². The molecule has 0 aliphatic carbocycles. The van der Waals surface area contributed by atoms with Gasteiger partial charge in [0.05, 0.1) is 13.0 Å². The van der Waals surface area contributed by atoms with Gasteiger partial charge in [-0.25, -0.2) is 4.98 Å². The lowest BCUT2D eigenvalue weighted by molar-refractivity contribution is -0.144. The molecule has 0 radical (unpaired) electrons. The summed E-state index contributed by atoms with van der Waals surface area (Å²) in [4.78, 5) is 18.2. The molecule has 20 heavy (non-hydrogen) atoms. The molecule has 1 N–H and O–H groups in total. The molecule has 2 heterocycles. The van der Waals surface area contributed by atoms with Gasteiger partial charge in [0.25, 0.3) is 0 Å². The maximum absolute atomic E-state index is 11.5. The van der Waals surface area contributed by atoms with Crippen LogP contribution >= 0.6 is 0 Å². The second-order valence-electron chi connectivity index (χ2n) is 5.18. The van der Waals surface area contributed by atoms with E-state index in [1.165, 1.54) is 12.7 Å². The molecular weight excluding hydrogens is 254 g/mol. The second-order valence-corrected chi connectivity index (χ2v) is 5.18. The molecule has 1 saturated heterocycles. The van der Waals surface area contributed by atoms with Crippen molar-refractivity contribution in [3.05, 3.63) is 23.9 Å². The lowest BCUT2D eigenvalue weighted by atomic mass is 10.1. The number of methoxy groups -OCH3 is 1. The third kappa shape index (κ3) is 3.70. The fourth-order valence-corrected chi connectivity index (χ4v) is 2.54. The maximum atomic E-state index is 11.5. The molecule has 0 bridgehead atoms. The minimum absolute atomic E-state index is 0.0173. The van der Waals surface area contributed by atoms with Gasteiger partial charge in [0.1, 0.15) is 5.82 Å². The third-order valence-corrected chi connectivity index (χ3v) is 3.63. The highest BCUT2D eigenvalue weighted by Crippen LogP contribution is 2.22. The van der Waals surface area contributed by atoms with Crippen LogP contribution in [-0.2, 0) is 16.1 Å². The molecule has 110 valence electrons. The molecule has 0 spiro atoms. The Balaban J connectivity index is 1.95. The van der Waals surface area contributed by atoms with Crippen LogP contribution in [0.25, 0.3) is 0 Å². The van der Waals surface area contributed by atoms with Crippen molar-refractivity contribution in [3.63, 3.8) is 0 Å². The number of anilines is 1. The molecule has 5 nitrogen and oxygen atoms in total. The molecule has 2 rings (SSSR count). The molecule has 1 aliphatic heterocycles. The molecule has 0 saturated carbocycles. The average Bonchev–Trinajstić information content (AvgIpc) is 2.94. The molecule has 1 aromatic heterocycles. The Morgan fingerprint density at radius 2 is 2.45 bits per heavy atom. The van der Waals surface area contributed by atoms with E-state index in [1.807, 2.05) is 12.3 Å². The number of aromatic nitrogens is 1. The quantitative estimate of drug-likeness (QED) is 0.805. The fourth-order valence-electron chi connectivity index (χ4n) is 2.54. The van der Waals surface area contributed by atoms with Crippen molar-refractivity contribution in [2.45, 2.75) is 26.3 Å². The average molecular weight is 277 g/mol. The molecule has 1 unspecified atom stereocenters. The number of carbonyl (C=O) groups excluding carboxylic acids is 1. The number of nitrogens with one attached hydrogen (secondary N) is 1. The number of ether oxygens (including phenoxy) is 1. The zero-order valence-electron chi connectivity index (χ0n) is 12.3. The van der Waals surface area contributed by atoms with Gasteiger partial charge >= 0.3 is 5.97 Å². The highest BCUT2D eigenvalue weighted by molar-refractivity contribution is 5.72. The maximum Gasteiger partial charge on any atom is 0.310 e. The van der Waals surface area contributed by atoms with Crippen LogP contribution in [0.2, 0.25) is 0 Å². The summed E-state index contributed by atoms with van der Waals surface area (Å²) >= 11 is 0. The van der Waals surface area contributed by atoms with Crippen LogP contribution in [0.3, 0.4) is 0 Å². The van der Waals surface area contributed by atoms with Crippen molar-refractivity contribution in [1.29, 1.82) is 0 Å². The molecule has 1 fully saturated rings. The smallest absolute Gasteiger partial charge is 0.310 e. The lowest BCUT2D eigenvalue weighted by Crippen LogP contribution is -2.24. The van der Waals surface area contributed by atoms with Gasteiger partial charge in [0.2, 0.25) is 0 Å². The molecule has 0 aromatic carbocycles. The van der Waals surface area contributed by atoms with Gasteiger partial charge in [-0.2, -0.15) is 0 Å². The number of rotatable bonds is 6. The number of nitrogens with zero attached hydrogens (tertiary/aromatic N) is 2. The Hall–Kier alpha value is -1.62. The monoisotopic (exact) mass is 277 g/mol. The van der Waals surface area contributed by atoms with Gasteiger partial charge in [-0.15, -0.1) is 0 Å². The zero-order valence-corrected chi connectivity index (χ0v) is 12.3. The van der Waals surface area contributed by atoms with Crippen LogP contribution in [0.1, 0.15) is 25.3 Å². The molecule has 1 aromatic rings. The number of carbonyl (C=O) groups is 1. The van der Waals surface area contributed by atoms with Crippen LogP contribution in [0, 0.1) is 5.92 Å². The first kappa shape index (κ1) is 14.8. The summed E-state index contributed by atoms with van der Waals surface area (Å²) in [6.07, 6.45) is 3.76. The summed E-state index contributed by atoms with van der Waals surface area (Å²) in [5, 5.41) is 3.35. The van der Waals surface area contributed by atoms with E-state index in [4.69, 9.17) is 4.74 Å². The molecule has 1 atom stereocenters. The standard InChI is InChI=1S/C15H23N3O2/c1-3-7-16-14-12(5-4-8-17-14)10-18-9-6-13(11-18)15(19)20-2/h4-5,8,13H,3,6-7,9-11H2,1-2H3,(H,16,17). The number of likely N-dealkylation sites (tertiary alicyclic amines) is 1. The Kier molecular flexibility index (Phi) is 5.35. The van der Waals surface area contributed by atoms with Gasteiger partial charge < -0.3 is 10.1 Å². The van der Waals surface area contributed by atoms with Crippen LogP contribution in [-0.4, -0.2) is 42.6 Å². The Morgan fingerprint density at radius 3 is 3.20 bits per heavy atom. The van der Waals surface area contributed by atoms with E-state index in [-0.39, 0.29) is 11.9 Å².